The fourth-order valence-electron chi connectivity index (χ4n) is 2.67. The second-order valence-electron chi connectivity index (χ2n) is 6.71. The van der Waals surface area contributed by atoms with Crippen LogP contribution in [0.4, 0.5) is 0 Å². The number of carbonyl (C=O) groups excluding carboxylic acids is 2. The lowest BCUT2D eigenvalue weighted by Crippen LogP contribution is -2.38. The highest BCUT2D eigenvalue weighted by atomic mass is 16.5. The predicted molar refractivity (Wildman–Crippen MR) is 120 cm³/mol. The van der Waals surface area contributed by atoms with Gasteiger partial charge in [0, 0.05) is 0 Å². The first kappa shape index (κ1) is 23.6. The Bertz CT molecular complexity index is 821. The third-order valence-corrected chi connectivity index (χ3v) is 4.49. The molecule has 31 heavy (non-hydrogen) atoms. The van der Waals surface area contributed by atoms with E-state index in [1.54, 1.807) is 38.5 Å². The Labute approximate surface area is 182 Å². The van der Waals surface area contributed by atoms with Gasteiger partial charge in [-0.05, 0) is 66.1 Å². The van der Waals surface area contributed by atoms with Crippen molar-refractivity contribution in [2.75, 3.05) is 14.2 Å². The molecular formula is C23H28N4O4. The maximum absolute atomic E-state index is 12.5. The summed E-state index contributed by atoms with van der Waals surface area (Å²) >= 11 is 0. The van der Waals surface area contributed by atoms with Crippen LogP contribution in [0.25, 0.3) is 0 Å². The van der Waals surface area contributed by atoms with E-state index in [4.69, 9.17) is 9.47 Å². The first-order valence-electron chi connectivity index (χ1n) is 10.0. The Kier molecular flexibility index (Phi) is 9.74. The number of ether oxygens (including phenoxy) is 2. The number of rotatable bonds is 11. The summed E-state index contributed by atoms with van der Waals surface area (Å²) in [6, 6.07) is 14.4. The number of nitrogens with one attached hydrogen (secondary N) is 2. The minimum absolute atomic E-state index is 0.407. The molecule has 164 valence electrons. The molecule has 2 aromatic rings. The molecule has 0 saturated carbocycles. The molecule has 8 heteroatoms. The van der Waals surface area contributed by atoms with Crippen molar-refractivity contribution < 1.29 is 19.1 Å². The van der Waals surface area contributed by atoms with Crippen LogP contribution in [0.1, 0.15) is 37.3 Å². The van der Waals surface area contributed by atoms with Crippen LogP contribution in [-0.4, -0.2) is 38.5 Å². The molecule has 0 aliphatic carbocycles. The van der Waals surface area contributed by atoms with Gasteiger partial charge in [-0.2, -0.15) is 10.2 Å². The topological polar surface area (TPSA) is 101 Å². The van der Waals surface area contributed by atoms with Crippen LogP contribution in [0, 0.1) is 5.92 Å². The maximum Gasteiger partial charge on any atom is 0.252 e. The molecule has 2 N–H and O–H groups in total. The smallest absolute Gasteiger partial charge is 0.252 e. The summed E-state index contributed by atoms with van der Waals surface area (Å²) in [5.41, 5.74) is 6.47. The lowest BCUT2D eigenvalue weighted by molar-refractivity contribution is -0.135. The average molecular weight is 425 g/mol. The van der Waals surface area contributed by atoms with E-state index in [0.29, 0.717) is 6.42 Å². The van der Waals surface area contributed by atoms with E-state index in [-0.39, 0.29) is 0 Å². The van der Waals surface area contributed by atoms with Crippen LogP contribution in [0.5, 0.6) is 11.5 Å². The van der Waals surface area contributed by atoms with E-state index in [2.05, 4.69) is 21.1 Å². The molecular weight excluding hydrogens is 396 g/mol. The van der Waals surface area contributed by atoms with Crippen LogP contribution in [0.3, 0.4) is 0 Å². The normalized spacial score (nSPS) is 12.0. The van der Waals surface area contributed by atoms with Gasteiger partial charge in [0.25, 0.3) is 11.8 Å². The highest BCUT2D eigenvalue weighted by Crippen LogP contribution is 2.12. The zero-order valence-corrected chi connectivity index (χ0v) is 18.0. The summed E-state index contributed by atoms with van der Waals surface area (Å²) < 4.78 is 10.2. The summed E-state index contributed by atoms with van der Waals surface area (Å²) in [6.45, 7) is 2.00. The Morgan fingerprint density at radius 3 is 1.61 bits per heavy atom. The van der Waals surface area contributed by atoms with Gasteiger partial charge in [0.05, 0.1) is 26.6 Å². The van der Waals surface area contributed by atoms with Gasteiger partial charge in [-0.15, -0.1) is 0 Å². The van der Waals surface area contributed by atoms with Crippen LogP contribution in [0.2, 0.25) is 0 Å². The van der Waals surface area contributed by atoms with Crippen molar-refractivity contribution in [1.82, 2.24) is 10.9 Å². The predicted octanol–water partition coefficient (Wildman–Crippen LogP) is 3.11. The number of benzene rings is 2. The van der Waals surface area contributed by atoms with Crippen molar-refractivity contribution in [1.29, 1.82) is 0 Å². The fraction of sp³-hybridized carbons (Fsp3) is 0.304. The first-order valence-corrected chi connectivity index (χ1v) is 10.0. The van der Waals surface area contributed by atoms with Crippen molar-refractivity contribution in [3.8, 4) is 11.5 Å². The van der Waals surface area contributed by atoms with Gasteiger partial charge < -0.3 is 9.47 Å². The van der Waals surface area contributed by atoms with Crippen molar-refractivity contribution in [3.05, 3.63) is 59.7 Å². The lowest BCUT2D eigenvalue weighted by Gasteiger charge is -2.12. The highest BCUT2D eigenvalue weighted by Gasteiger charge is 2.25. The van der Waals surface area contributed by atoms with Gasteiger partial charge >= 0.3 is 0 Å². The molecule has 2 rings (SSSR count). The molecule has 0 aromatic heterocycles. The molecule has 8 nitrogen and oxygen atoms in total. The molecule has 0 heterocycles. The Morgan fingerprint density at radius 2 is 1.26 bits per heavy atom. The summed E-state index contributed by atoms with van der Waals surface area (Å²) in [4.78, 5) is 25.0. The third-order valence-electron chi connectivity index (χ3n) is 4.49. The van der Waals surface area contributed by atoms with E-state index in [1.165, 1.54) is 12.4 Å². The van der Waals surface area contributed by atoms with Gasteiger partial charge in [0.1, 0.15) is 17.4 Å². The zero-order valence-electron chi connectivity index (χ0n) is 18.0. The summed E-state index contributed by atoms with van der Waals surface area (Å²) in [6.07, 6.45) is 5.02. The second kappa shape index (κ2) is 12.8. The molecule has 0 fully saturated rings. The van der Waals surface area contributed by atoms with Crippen LogP contribution in [0.15, 0.2) is 58.7 Å². The number of hydrogen-bond acceptors (Lipinski definition) is 6. The minimum Gasteiger partial charge on any atom is -0.497 e. The zero-order chi connectivity index (χ0) is 22.5. The fourth-order valence-corrected chi connectivity index (χ4v) is 2.67. The van der Waals surface area contributed by atoms with E-state index < -0.39 is 17.7 Å². The molecule has 0 aliphatic heterocycles. The average Bonchev–Trinajstić information content (AvgIpc) is 2.80. The van der Waals surface area contributed by atoms with Crippen molar-refractivity contribution in [2.24, 2.45) is 16.1 Å². The van der Waals surface area contributed by atoms with Gasteiger partial charge in [-0.25, -0.2) is 10.9 Å². The van der Waals surface area contributed by atoms with Gasteiger partial charge in [-0.3, -0.25) is 9.59 Å². The molecule has 0 bridgehead atoms. The number of amides is 2. The number of carbonyl (C=O) groups is 2. The quantitative estimate of drug-likeness (QED) is 0.329. The van der Waals surface area contributed by atoms with E-state index in [9.17, 15) is 9.59 Å². The van der Waals surface area contributed by atoms with Crippen molar-refractivity contribution in [2.45, 2.75) is 26.2 Å². The maximum atomic E-state index is 12.5. The van der Waals surface area contributed by atoms with Crippen LogP contribution < -0.4 is 20.3 Å². The molecule has 0 spiro atoms. The lowest BCUT2D eigenvalue weighted by atomic mass is 10.0. The summed E-state index contributed by atoms with van der Waals surface area (Å²) in [5.74, 6) is -0.382. The summed E-state index contributed by atoms with van der Waals surface area (Å²) in [7, 11) is 3.18. The van der Waals surface area contributed by atoms with E-state index in [1.807, 2.05) is 31.2 Å². The van der Waals surface area contributed by atoms with Gasteiger partial charge in [0.2, 0.25) is 0 Å². The van der Waals surface area contributed by atoms with Gasteiger partial charge in [0.15, 0.2) is 0 Å². The number of methoxy groups -OCH3 is 2. The Balaban J connectivity index is 1.94. The van der Waals surface area contributed by atoms with Crippen LogP contribution in [-0.2, 0) is 9.59 Å². The molecule has 0 unspecified atom stereocenters. The first-order chi connectivity index (χ1) is 15.1. The number of hydrogen-bond donors (Lipinski definition) is 2. The monoisotopic (exact) mass is 424 g/mol. The third kappa shape index (κ3) is 7.93. The minimum atomic E-state index is -0.888. The number of unbranched alkanes of at least 4 members (excludes halogenated alkanes) is 1. The molecule has 0 radical (unpaired) electrons. The summed E-state index contributed by atoms with van der Waals surface area (Å²) in [5, 5.41) is 7.91. The SMILES string of the molecule is CCCCC(C(=O)NN=Cc1ccc(OC)cc1)C(=O)NN=Cc1ccc(OC)cc1. The Morgan fingerprint density at radius 1 is 0.839 bits per heavy atom. The molecule has 2 amide bonds. The second-order valence-corrected chi connectivity index (χ2v) is 6.71. The van der Waals surface area contributed by atoms with E-state index >= 15 is 0 Å². The highest BCUT2D eigenvalue weighted by molar-refractivity contribution is 6.00. The molecule has 2 aromatic carbocycles. The number of nitrogens with zero attached hydrogens (tertiary/aromatic N) is 2. The van der Waals surface area contributed by atoms with Crippen molar-refractivity contribution in [3.63, 3.8) is 0 Å². The molecule has 0 atom stereocenters. The van der Waals surface area contributed by atoms with Crippen molar-refractivity contribution >= 4 is 24.2 Å². The Hall–Kier alpha value is -3.68. The standard InChI is InChI=1S/C23H28N4O4/c1-4-5-6-21(22(28)26-24-15-17-7-11-19(30-2)12-8-17)23(29)27-25-16-18-9-13-20(31-3)14-10-18/h7-16,21H,4-6H2,1-3H3,(H,26,28)(H,27,29). The van der Waals surface area contributed by atoms with E-state index in [0.717, 1.165) is 35.5 Å². The van der Waals surface area contributed by atoms with Gasteiger partial charge in [-0.1, -0.05) is 19.8 Å². The molecule has 0 aliphatic rings. The molecule has 0 saturated heterocycles. The number of hydrazone groups is 2. The van der Waals surface area contributed by atoms with Crippen LogP contribution >= 0.6 is 0 Å². The largest absolute Gasteiger partial charge is 0.497 e.